The monoisotopic (exact) mass is 376 g/mol. The summed E-state index contributed by atoms with van der Waals surface area (Å²) < 4.78 is 84.3. The molecule has 0 saturated carbocycles. The molecule has 2 atom stereocenters. The molecule has 5 nitrogen and oxygen atoms in total. The lowest BCUT2D eigenvalue weighted by molar-refractivity contribution is -0.357. The van der Waals surface area contributed by atoms with Crippen molar-refractivity contribution in [1.82, 2.24) is 0 Å². The summed E-state index contributed by atoms with van der Waals surface area (Å²) in [6, 6.07) is 6.81. The third-order valence-electron chi connectivity index (χ3n) is 2.93. The number of alkyl halides is 6. The van der Waals surface area contributed by atoms with Crippen molar-refractivity contribution in [3.8, 4) is 0 Å². The minimum absolute atomic E-state index is 0.0901. The summed E-state index contributed by atoms with van der Waals surface area (Å²) >= 11 is 0. The first-order valence-electron chi connectivity index (χ1n) is 6.73. The lowest BCUT2D eigenvalue weighted by atomic mass is 9.90. The number of benzene rings is 1. The number of esters is 1. The lowest BCUT2D eigenvalue weighted by Gasteiger charge is -2.31. The first-order valence-corrected chi connectivity index (χ1v) is 6.73. The van der Waals surface area contributed by atoms with Gasteiger partial charge in [-0.25, -0.2) is 4.79 Å². The van der Waals surface area contributed by atoms with Crippen LogP contribution in [0, 0.1) is 0 Å². The Morgan fingerprint density at radius 2 is 1.60 bits per heavy atom. The van der Waals surface area contributed by atoms with Crippen molar-refractivity contribution < 1.29 is 50.5 Å². The van der Waals surface area contributed by atoms with E-state index < -0.39 is 43.6 Å². The third kappa shape index (κ3) is 7.28. The Balaban J connectivity index is 2.87. The normalized spacial score (nSPS) is 16.2. The summed E-state index contributed by atoms with van der Waals surface area (Å²) in [7, 11) is 0. The number of rotatable bonds is 7. The van der Waals surface area contributed by atoms with Crippen LogP contribution in [0.5, 0.6) is 0 Å². The van der Waals surface area contributed by atoms with Crippen LogP contribution in [0.3, 0.4) is 0 Å². The Hall–Kier alpha value is -1.85. The summed E-state index contributed by atoms with van der Waals surface area (Å²) in [6.07, 6.45) is -12.8. The number of ether oxygens (including phenoxy) is 3. The van der Waals surface area contributed by atoms with E-state index in [1.54, 1.807) is 0 Å². The van der Waals surface area contributed by atoms with E-state index in [2.05, 4.69) is 14.2 Å². The van der Waals surface area contributed by atoms with Crippen LogP contribution in [-0.4, -0.2) is 43.1 Å². The molecule has 1 N–H and O–H groups in total. The van der Waals surface area contributed by atoms with E-state index in [0.717, 1.165) is 6.92 Å². The van der Waals surface area contributed by atoms with Crippen LogP contribution in [0.2, 0.25) is 0 Å². The van der Waals surface area contributed by atoms with Crippen LogP contribution in [-0.2, 0) is 24.6 Å². The van der Waals surface area contributed by atoms with Gasteiger partial charge in [-0.2, -0.15) is 0 Å². The third-order valence-corrected chi connectivity index (χ3v) is 2.93. The van der Waals surface area contributed by atoms with E-state index in [1.165, 1.54) is 30.3 Å². The van der Waals surface area contributed by atoms with E-state index >= 15 is 0 Å². The van der Waals surface area contributed by atoms with Crippen LogP contribution >= 0.6 is 0 Å². The zero-order chi connectivity index (χ0) is 19.3. The van der Waals surface area contributed by atoms with Gasteiger partial charge in [0.1, 0.15) is 12.2 Å². The lowest BCUT2D eigenvalue weighted by Crippen LogP contribution is -2.48. The maximum Gasteiger partial charge on any atom is 0.523 e. The second-order valence-electron chi connectivity index (χ2n) is 4.92. The molecule has 0 amide bonds. The highest BCUT2D eigenvalue weighted by Crippen LogP contribution is 2.32. The van der Waals surface area contributed by atoms with E-state index in [4.69, 9.17) is 0 Å². The van der Waals surface area contributed by atoms with Gasteiger partial charge in [0.05, 0.1) is 6.61 Å². The zero-order valence-corrected chi connectivity index (χ0v) is 12.7. The maximum absolute atomic E-state index is 12.5. The van der Waals surface area contributed by atoms with Gasteiger partial charge >= 0.3 is 18.7 Å². The SMILES string of the molecule is CC(O)(c1ccccc1)C(OC(F)(F)F)C(=O)OCCOC(F)(F)F. The van der Waals surface area contributed by atoms with Crippen LogP contribution in [0.1, 0.15) is 12.5 Å². The van der Waals surface area contributed by atoms with Crippen molar-refractivity contribution in [3.05, 3.63) is 35.9 Å². The van der Waals surface area contributed by atoms with Gasteiger partial charge in [0.15, 0.2) is 6.10 Å². The van der Waals surface area contributed by atoms with Gasteiger partial charge in [-0.15, -0.1) is 26.3 Å². The fourth-order valence-corrected chi connectivity index (χ4v) is 1.83. The van der Waals surface area contributed by atoms with Crippen molar-refractivity contribution in [2.45, 2.75) is 31.4 Å². The Bertz CT molecular complexity index is 555. The fourth-order valence-electron chi connectivity index (χ4n) is 1.83. The van der Waals surface area contributed by atoms with Gasteiger partial charge < -0.3 is 9.84 Å². The molecule has 0 heterocycles. The summed E-state index contributed by atoms with van der Waals surface area (Å²) in [6.45, 7) is -1.23. The molecule has 1 aromatic carbocycles. The molecule has 25 heavy (non-hydrogen) atoms. The molecule has 0 radical (unpaired) electrons. The highest BCUT2D eigenvalue weighted by molar-refractivity contribution is 5.76. The number of aliphatic hydroxyl groups is 1. The molecule has 0 saturated heterocycles. The molecule has 0 aliphatic rings. The smallest absolute Gasteiger partial charge is 0.461 e. The molecule has 0 fully saturated rings. The van der Waals surface area contributed by atoms with Gasteiger partial charge in [0.25, 0.3) is 0 Å². The van der Waals surface area contributed by atoms with E-state index in [0.29, 0.717) is 0 Å². The highest BCUT2D eigenvalue weighted by atomic mass is 19.4. The van der Waals surface area contributed by atoms with Gasteiger partial charge in [-0.05, 0) is 12.5 Å². The molecule has 0 bridgehead atoms. The van der Waals surface area contributed by atoms with E-state index in [1.807, 2.05) is 0 Å². The minimum atomic E-state index is -5.30. The largest absolute Gasteiger partial charge is 0.523 e. The van der Waals surface area contributed by atoms with Crippen LogP contribution in [0.4, 0.5) is 26.3 Å². The van der Waals surface area contributed by atoms with Crippen LogP contribution in [0.15, 0.2) is 30.3 Å². The second kappa shape index (κ2) is 8.02. The Labute approximate surface area is 138 Å². The standard InChI is InChI=1S/C14H14F6O5/c1-12(22,9-5-3-2-4-6-9)10(25-14(18,19)20)11(21)23-7-8-24-13(15,16)17/h2-6,10,22H,7-8H2,1H3. The summed E-state index contributed by atoms with van der Waals surface area (Å²) in [5, 5.41) is 10.3. The van der Waals surface area contributed by atoms with Gasteiger partial charge in [-0.3, -0.25) is 9.47 Å². The topological polar surface area (TPSA) is 65.0 Å². The Morgan fingerprint density at radius 3 is 2.08 bits per heavy atom. The predicted molar refractivity (Wildman–Crippen MR) is 69.9 cm³/mol. The molecule has 142 valence electrons. The van der Waals surface area contributed by atoms with E-state index in [-0.39, 0.29) is 5.56 Å². The van der Waals surface area contributed by atoms with Gasteiger partial charge in [-0.1, -0.05) is 30.3 Å². The average molecular weight is 376 g/mol. The van der Waals surface area contributed by atoms with Crippen molar-refractivity contribution in [3.63, 3.8) is 0 Å². The molecule has 0 aromatic heterocycles. The van der Waals surface area contributed by atoms with Gasteiger partial charge in [0, 0.05) is 0 Å². The fraction of sp³-hybridized carbons (Fsp3) is 0.500. The summed E-state index contributed by atoms with van der Waals surface area (Å²) in [5.41, 5.74) is -2.55. The minimum Gasteiger partial charge on any atom is -0.461 e. The first kappa shape index (κ1) is 21.2. The molecule has 1 rings (SSSR count). The molecular formula is C14H14F6O5. The molecule has 11 heteroatoms. The molecule has 0 aliphatic heterocycles. The maximum atomic E-state index is 12.5. The van der Waals surface area contributed by atoms with Crippen molar-refractivity contribution in [2.75, 3.05) is 13.2 Å². The molecule has 0 spiro atoms. The molecule has 2 unspecified atom stereocenters. The molecular weight excluding hydrogens is 362 g/mol. The molecule has 1 aromatic rings. The predicted octanol–water partition coefficient (Wildman–Crippen LogP) is 2.88. The average Bonchev–Trinajstić information content (AvgIpc) is 2.48. The van der Waals surface area contributed by atoms with Crippen molar-refractivity contribution >= 4 is 5.97 Å². The number of hydrogen-bond acceptors (Lipinski definition) is 5. The number of carbonyl (C=O) groups is 1. The molecule has 0 aliphatic carbocycles. The number of carbonyl (C=O) groups excluding carboxylic acids is 1. The Morgan fingerprint density at radius 1 is 1.04 bits per heavy atom. The van der Waals surface area contributed by atoms with Gasteiger partial charge in [0.2, 0.25) is 0 Å². The summed E-state index contributed by atoms with van der Waals surface area (Å²) in [4.78, 5) is 11.8. The van der Waals surface area contributed by atoms with Crippen LogP contribution < -0.4 is 0 Å². The zero-order valence-electron chi connectivity index (χ0n) is 12.7. The second-order valence-corrected chi connectivity index (χ2v) is 4.92. The van der Waals surface area contributed by atoms with E-state index in [9.17, 15) is 36.2 Å². The quantitative estimate of drug-likeness (QED) is 0.450. The highest BCUT2D eigenvalue weighted by Gasteiger charge is 2.48. The van der Waals surface area contributed by atoms with Crippen molar-refractivity contribution in [1.29, 1.82) is 0 Å². The van der Waals surface area contributed by atoms with Crippen LogP contribution in [0.25, 0.3) is 0 Å². The number of hydrogen-bond donors (Lipinski definition) is 1. The number of halogens is 6. The van der Waals surface area contributed by atoms with Crippen molar-refractivity contribution in [2.24, 2.45) is 0 Å². The summed E-state index contributed by atoms with van der Waals surface area (Å²) in [5.74, 6) is -1.70. The first-order chi connectivity index (χ1) is 11.3. The Kier molecular flexibility index (Phi) is 6.80.